The van der Waals surface area contributed by atoms with Gasteiger partial charge in [-0.05, 0) is 73.2 Å². The van der Waals surface area contributed by atoms with Gasteiger partial charge in [0.1, 0.15) is 0 Å². The maximum atomic E-state index is 12.3. The minimum atomic E-state index is -0.475. The van der Waals surface area contributed by atoms with Crippen molar-refractivity contribution in [3.63, 3.8) is 0 Å². The number of hydrogen-bond donors (Lipinski definition) is 0. The van der Waals surface area contributed by atoms with Crippen LogP contribution in [-0.4, -0.2) is 30.8 Å². The van der Waals surface area contributed by atoms with Crippen LogP contribution in [0.3, 0.4) is 0 Å². The molecule has 0 radical (unpaired) electrons. The molecule has 0 saturated carbocycles. The third kappa shape index (κ3) is 3.63. The number of carbonyl (C=O) groups excluding carboxylic acids is 3. The van der Waals surface area contributed by atoms with Crippen LogP contribution in [0.25, 0.3) is 0 Å². The van der Waals surface area contributed by atoms with Gasteiger partial charge in [-0.15, -0.1) is 0 Å². The molecular formula is C22H21NO4. The number of ketones is 1. The van der Waals surface area contributed by atoms with Crippen molar-refractivity contribution < 1.29 is 19.1 Å². The average molecular weight is 363 g/mol. The average Bonchev–Trinajstić information content (AvgIpc) is 3.34. The lowest BCUT2D eigenvalue weighted by atomic mass is 10.1. The molecule has 0 atom stereocenters. The molecule has 138 valence electrons. The highest BCUT2D eigenvalue weighted by Crippen LogP contribution is 2.24. The summed E-state index contributed by atoms with van der Waals surface area (Å²) >= 11 is 0. The summed E-state index contributed by atoms with van der Waals surface area (Å²) in [6, 6.07) is 12.5. The third-order valence-corrected chi connectivity index (χ3v) is 5.24. The quantitative estimate of drug-likeness (QED) is 0.604. The van der Waals surface area contributed by atoms with Gasteiger partial charge in [0.05, 0.1) is 5.56 Å². The number of aryl methyl sites for hydroxylation is 2. The summed E-state index contributed by atoms with van der Waals surface area (Å²) in [7, 11) is 0. The maximum absolute atomic E-state index is 12.3. The predicted molar refractivity (Wildman–Crippen MR) is 101 cm³/mol. The molecule has 0 bridgehead atoms. The smallest absolute Gasteiger partial charge is 0.338 e. The van der Waals surface area contributed by atoms with Crippen LogP contribution >= 0.6 is 0 Å². The summed E-state index contributed by atoms with van der Waals surface area (Å²) in [4.78, 5) is 38.0. The van der Waals surface area contributed by atoms with Gasteiger partial charge in [-0.1, -0.05) is 6.07 Å². The van der Waals surface area contributed by atoms with Gasteiger partial charge in [-0.25, -0.2) is 4.79 Å². The molecule has 1 aliphatic heterocycles. The van der Waals surface area contributed by atoms with E-state index in [0.717, 1.165) is 31.4 Å². The van der Waals surface area contributed by atoms with Gasteiger partial charge in [0.2, 0.25) is 5.91 Å². The molecule has 0 N–H and O–H groups in total. The molecule has 5 heteroatoms. The Morgan fingerprint density at radius 2 is 1.63 bits per heavy atom. The highest BCUT2D eigenvalue weighted by molar-refractivity contribution is 6.00. The molecule has 1 fully saturated rings. The Morgan fingerprint density at radius 3 is 2.37 bits per heavy atom. The molecule has 0 aromatic heterocycles. The lowest BCUT2D eigenvalue weighted by Crippen LogP contribution is -2.23. The summed E-state index contributed by atoms with van der Waals surface area (Å²) in [5.41, 5.74) is 4.24. The Bertz CT molecular complexity index is 901. The first-order valence-electron chi connectivity index (χ1n) is 9.34. The summed E-state index contributed by atoms with van der Waals surface area (Å²) in [5, 5.41) is 0. The summed E-state index contributed by atoms with van der Waals surface area (Å²) in [5.74, 6) is -0.626. The molecule has 0 spiro atoms. The Balaban J connectivity index is 1.36. The van der Waals surface area contributed by atoms with E-state index in [1.54, 1.807) is 35.2 Å². The first-order valence-corrected chi connectivity index (χ1v) is 9.34. The summed E-state index contributed by atoms with van der Waals surface area (Å²) in [6.07, 6.45) is 4.59. The number of fused-ring (bicyclic) bond motifs is 1. The van der Waals surface area contributed by atoms with Crippen LogP contribution in [0, 0.1) is 0 Å². The minimum absolute atomic E-state index is 0.109. The number of carbonyl (C=O) groups is 3. The number of Topliss-reactive ketones (excluding diaryl/α,β-unsaturated/α-hetero) is 1. The number of ether oxygens (including phenoxy) is 1. The standard InChI is InChI=1S/C22H21NO4/c24-20(16-8-10-19(11-9-16)23-12-2-5-21(23)25)14-27-22(26)18-7-6-15-3-1-4-17(15)13-18/h6-11,13H,1-5,12,14H2. The Labute approximate surface area is 157 Å². The molecule has 2 aliphatic rings. The van der Waals surface area contributed by atoms with Gasteiger partial charge >= 0.3 is 5.97 Å². The van der Waals surface area contributed by atoms with E-state index in [4.69, 9.17) is 4.74 Å². The zero-order valence-corrected chi connectivity index (χ0v) is 15.1. The van der Waals surface area contributed by atoms with Crippen molar-refractivity contribution in [3.8, 4) is 0 Å². The van der Waals surface area contributed by atoms with E-state index < -0.39 is 5.97 Å². The number of benzene rings is 2. The zero-order chi connectivity index (χ0) is 18.8. The van der Waals surface area contributed by atoms with E-state index in [0.29, 0.717) is 24.1 Å². The van der Waals surface area contributed by atoms with E-state index in [-0.39, 0.29) is 18.3 Å². The summed E-state index contributed by atoms with van der Waals surface area (Å²) < 4.78 is 5.20. The van der Waals surface area contributed by atoms with Crippen LogP contribution in [0.5, 0.6) is 0 Å². The van der Waals surface area contributed by atoms with Gasteiger partial charge in [-0.2, -0.15) is 0 Å². The van der Waals surface area contributed by atoms with Crippen molar-refractivity contribution in [3.05, 3.63) is 64.7 Å². The second kappa shape index (κ2) is 7.35. The van der Waals surface area contributed by atoms with E-state index in [9.17, 15) is 14.4 Å². The lowest BCUT2D eigenvalue weighted by molar-refractivity contribution is -0.117. The number of hydrogen-bond acceptors (Lipinski definition) is 4. The molecule has 1 amide bonds. The first kappa shape index (κ1) is 17.5. The molecule has 27 heavy (non-hydrogen) atoms. The third-order valence-electron chi connectivity index (χ3n) is 5.24. The molecule has 1 heterocycles. The van der Waals surface area contributed by atoms with Crippen molar-refractivity contribution in [1.82, 2.24) is 0 Å². The predicted octanol–water partition coefficient (Wildman–Crippen LogP) is 3.34. The summed E-state index contributed by atoms with van der Waals surface area (Å²) in [6.45, 7) is 0.419. The van der Waals surface area contributed by atoms with Crippen LogP contribution in [0.4, 0.5) is 5.69 Å². The van der Waals surface area contributed by atoms with Gasteiger partial charge in [0.25, 0.3) is 0 Å². The number of esters is 1. The van der Waals surface area contributed by atoms with Crippen molar-refractivity contribution in [2.45, 2.75) is 32.1 Å². The van der Waals surface area contributed by atoms with Gasteiger partial charge in [0, 0.05) is 24.2 Å². The van der Waals surface area contributed by atoms with Crippen LogP contribution in [0.1, 0.15) is 51.1 Å². The number of rotatable bonds is 5. The van der Waals surface area contributed by atoms with Crippen molar-refractivity contribution in [2.24, 2.45) is 0 Å². The van der Waals surface area contributed by atoms with E-state index in [1.807, 2.05) is 12.1 Å². The largest absolute Gasteiger partial charge is 0.454 e. The Kier molecular flexibility index (Phi) is 4.75. The molecule has 4 rings (SSSR count). The SMILES string of the molecule is O=C(COC(=O)c1ccc2c(c1)CCC2)c1ccc(N2CCCC2=O)cc1. The minimum Gasteiger partial charge on any atom is -0.454 e. The van der Waals surface area contributed by atoms with Gasteiger partial charge in [0.15, 0.2) is 12.4 Å². The molecule has 1 saturated heterocycles. The second-order valence-electron chi connectivity index (χ2n) is 7.03. The van der Waals surface area contributed by atoms with Gasteiger partial charge in [-0.3, -0.25) is 9.59 Å². The molecule has 5 nitrogen and oxygen atoms in total. The van der Waals surface area contributed by atoms with E-state index >= 15 is 0 Å². The normalized spacial score (nSPS) is 15.7. The van der Waals surface area contributed by atoms with Crippen molar-refractivity contribution in [1.29, 1.82) is 0 Å². The van der Waals surface area contributed by atoms with Crippen LogP contribution in [-0.2, 0) is 22.4 Å². The lowest BCUT2D eigenvalue weighted by Gasteiger charge is -2.15. The topological polar surface area (TPSA) is 63.7 Å². The van der Waals surface area contributed by atoms with Gasteiger partial charge < -0.3 is 9.64 Å². The van der Waals surface area contributed by atoms with Crippen molar-refractivity contribution >= 4 is 23.3 Å². The number of nitrogens with zero attached hydrogens (tertiary/aromatic N) is 1. The second-order valence-corrected chi connectivity index (χ2v) is 7.03. The molecule has 0 unspecified atom stereocenters. The van der Waals surface area contributed by atoms with Crippen LogP contribution in [0.15, 0.2) is 42.5 Å². The number of amides is 1. The molecule has 2 aromatic carbocycles. The van der Waals surface area contributed by atoms with E-state index in [2.05, 4.69) is 0 Å². The van der Waals surface area contributed by atoms with Crippen LogP contribution < -0.4 is 4.90 Å². The number of anilines is 1. The first-order chi connectivity index (χ1) is 13.1. The maximum Gasteiger partial charge on any atom is 0.338 e. The Hall–Kier alpha value is -2.95. The van der Waals surface area contributed by atoms with Crippen molar-refractivity contribution in [2.75, 3.05) is 18.1 Å². The van der Waals surface area contributed by atoms with Crippen LogP contribution in [0.2, 0.25) is 0 Å². The highest BCUT2D eigenvalue weighted by Gasteiger charge is 2.22. The van der Waals surface area contributed by atoms with E-state index in [1.165, 1.54) is 11.1 Å². The highest BCUT2D eigenvalue weighted by atomic mass is 16.5. The fourth-order valence-electron chi connectivity index (χ4n) is 3.74. The zero-order valence-electron chi connectivity index (χ0n) is 15.1. The fourth-order valence-corrected chi connectivity index (χ4v) is 3.74. The Morgan fingerprint density at radius 1 is 0.889 bits per heavy atom. The molecular weight excluding hydrogens is 342 g/mol. The monoisotopic (exact) mass is 363 g/mol. The molecule has 1 aliphatic carbocycles. The molecule has 2 aromatic rings. The fraction of sp³-hybridized carbons (Fsp3) is 0.318.